The van der Waals surface area contributed by atoms with E-state index in [1.54, 1.807) is 11.3 Å². The third kappa shape index (κ3) is 4.04. The highest BCUT2D eigenvalue weighted by Crippen LogP contribution is 2.23. The molecule has 0 fully saturated rings. The number of hydrazine groups is 1. The summed E-state index contributed by atoms with van der Waals surface area (Å²) in [4.78, 5) is 5.79. The van der Waals surface area contributed by atoms with E-state index >= 15 is 0 Å². The van der Waals surface area contributed by atoms with Crippen molar-refractivity contribution in [2.45, 2.75) is 31.2 Å². The summed E-state index contributed by atoms with van der Waals surface area (Å²) in [5.74, 6) is 6.77. The number of aromatic nitrogens is 1. The van der Waals surface area contributed by atoms with E-state index in [0.29, 0.717) is 0 Å². The Morgan fingerprint density at radius 1 is 1.37 bits per heavy atom. The number of rotatable bonds is 6. The minimum Gasteiger partial charge on any atom is -0.271 e. The molecule has 2 rings (SSSR count). The van der Waals surface area contributed by atoms with Gasteiger partial charge >= 0.3 is 0 Å². The molecule has 0 spiro atoms. The highest BCUT2D eigenvalue weighted by Gasteiger charge is 2.12. The Balaban J connectivity index is 2.08. The SMILES string of the molecule is CCSc1ccc(C(Cc2nc(C)cs2)NN)cc1. The molecule has 0 saturated heterocycles. The molecular weight excluding hydrogens is 274 g/mol. The summed E-state index contributed by atoms with van der Waals surface area (Å²) in [6.45, 7) is 4.18. The zero-order chi connectivity index (χ0) is 13.7. The van der Waals surface area contributed by atoms with Crippen molar-refractivity contribution < 1.29 is 0 Å². The zero-order valence-electron chi connectivity index (χ0n) is 11.2. The predicted molar refractivity (Wildman–Crippen MR) is 83.5 cm³/mol. The molecule has 0 aliphatic rings. The molecule has 0 saturated carbocycles. The van der Waals surface area contributed by atoms with E-state index in [2.05, 4.69) is 47.0 Å². The first-order valence-corrected chi connectivity index (χ1v) is 8.19. The summed E-state index contributed by atoms with van der Waals surface area (Å²) in [6, 6.07) is 8.71. The molecule has 3 N–H and O–H groups in total. The van der Waals surface area contributed by atoms with E-state index in [1.807, 2.05) is 18.7 Å². The molecule has 0 bridgehead atoms. The second-order valence-corrected chi connectivity index (χ2v) is 6.59. The van der Waals surface area contributed by atoms with Crippen LogP contribution < -0.4 is 11.3 Å². The fourth-order valence-corrected chi connectivity index (χ4v) is 3.39. The average molecular weight is 293 g/mol. The zero-order valence-corrected chi connectivity index (χ0v) is 12.9. The van der Waals surface area contributed by atoms with Crippen molar-refractivity contribution in [3.63, 3.8) is 0 Å². The van der Waals surface area contributed by atoms with E-state index in [0.717, 1.165) is 22.9 Å². The lowest BCUT2D eigenvalue weighted by Crippen LogP contribution is -2.29. The highest BCUT2D eigenvalue weighted by molar-refractivity contribution is 7.99. The maximum Gasteiger partial charge on any atom is 0.0947 e. The summed E-state index contributed by atoms with van der Waals surface area (Å²) < 4.78 is 0. The van der Waals surface area contributed by atoms with Crippen molar-refractivity contribution >= 4 is 23.1 Å². The van der Waals surface area contributed by atoms with Crippen LogP contribution in [0.15, 0.2) is 34.5 Å². The Labute approximate surface area is 122 Å². The molecule has 102 valence electrons. The minimum absolute atomic E-state index is 0.117. The monoisotopic (exact) mass is 293 g/mol. The van der Waals surface area contributed by atoms with Crippen molar-refractivity contribution in [2.24, 2.45) is 5.84 Å². The van der Waals surface area contributed by atoms with Gasteiger partial charge in [0.05, 0.1) is 11.0 Å². The van der Waals surface area contributed by atoms with Gasteiger partial charge in [-0.1, -0.05) is 19.1 Å². The molecule has 0 amide bonds. The van der Waals surface area contributed by atoms with Crippen LogP contribution in [0.3, 0.4) is 0 Å². The van der Waals surface area contributed by atoms with Gasteiger partial charge in [-0.05, 0) is 30.4 Å². The van der Waals surface area contributed by atoms with E-state index in [9.17, 15) is 0 Å². The van der Waals surface area contributed by atoms with Crippen molar-refractivity contribution in [3.05, 3.63) is 45.9 Å². The van der Waals surface area contributed by atoms with Gasteiger partial charge in [-0.25, -0.2) is 4.98 Å². The molecule has 3 nitrogen and oxygen atoms in total. The first-order valence-electron chi connectivity index (χ1n) is 6.32. The largest absolute Gasteiger partial charge is 0.271 e. The second kappa shape index (κ2) is 7.05. The number of nitrogens with one attached hydrogen (secondary N) is 1. The highest BCUT2D eigenvalue weighted by atomic mass is 32.2. The van der Waals surface area contributed by atoms with Gasteiger partial charge in [0.15, 0.2) is 0 Å². The van der Waals surface area contributed by atoms with Gasteiger partial charge in [0.2, 0.25) is 0 Å². The second-order valence-electron chi connectivity index (χ2n) is 4.31. The lowest BCUT2D eigenvalue weighted by molar-refractivity contribution is 0.550. The van der Waals surface area contributed by atoms with E-state index in [4.69, 9.17) is 5.84 Å². The number of aryl methyl sites for hydroxylation is 1. The van der Waals surface area contributed by atoms with Gasteiger partial charge in [0.1, 0.15) is 0 Å². The van der Waals surface area contributed by atoms with Gasteiger partial charge in [0, 0.05) is 22.4 Å². The van der Waals surface area contributed by atoms with Crippen LogP contribution in [0.25, 0.3) is 0 Å². The van der Waals surface area contributed by atoms with Crippen LogP contribution >= 0.6 is 23.1 Å². The number of hydrogen-bond donors (Lipinski definition) is 2. The smallest absolute Gasteiger partial charge is 0.0947 e. The lowest BCUT2D eigenvalue weighted by atomic mass is 10.1. The topological polar surface area (TPSA) is 50.9 Å². The maximum atomic E-state index is 5.68. The summed E-state index contributed by atoms with van der Waals surface area (Å²) in [5, 5.41) is 3.19. The van der Waals surface area contributed by atoms with Gasteiger partial charge in [-0.2, -0.15) is 0 Å². The van der Waals surface area contributed by atoms with E-state index < -0.39 is 0 Å². The summed E-state index contributed by atoms with van der Waals surface area (Å²) in [6.07, 6.45) is 0.829. The van der Waals surface area contributed by atoms with Crippen LogP contribution in [0.5, 0.6) is 0 Å². The predicted octanol–water partition coefficient (Wildman–Crippen LogP) is 3.31. The van der Waals surface area contributed by atoms with Gasteiger partial charge in [0.25, 0.3) is 0 Å². The molecule has 1 unspecified atom stereocenters. The molecule has 0 radical (unpaired) electrons. The van der Waals surface area contributed by atoms with Crippen LogP contribution in [0, 0.1) is 6.92 Å². The molecule has 2 aromatic rings. The number of hydrogen-bond acceptors (Lipinski definition) is 5. The fraction of sp³-hybridized carbons (Fsp3) is 0.357. The molecule has 1 atom stereocenters. The van der Waals surface area contributed by atoms with Crippen LogP contribution in [-0.4, -0.2) is 10.7 Å². The summed E-state index contributed by atoms with van der Waals surface area (Å²) in [5.41, 5.74) is 5.17. The molecule has 1 heterocycles. The molecule has 1 aromatic heterocycles. The number of benzene rings is 1. The molecule has 0 aliphatic carbocycles. The Kier molecular flexibility index (Phi) is 5.39. The van der Waals surface area contributed by atoms with Crippen molar-refractivity contribution in [1.82, 2.24) is 10.4 Å². The van der Waals surface area contributed by atoms with Crippen LogP contribution in [0.1, 0.15) is 29.2 Å². The average Bonchev–Trinajstić information content (AvgIpc) is 2.83. The first kappa shape index (κ1) is 14.5. The molecule has 1 aromatic carbocycles. The van der Waals surface area contributed by atoms with Gasteiger partial charge in [-0.15, -0.1) is 23.1 Å². The summed E-state index contributed by atoms with van der Waals surface area (Å²) in [7, 11) is 0. The number of thiazole rings is 1. The fourth-order valence-electron chi connectivity index (χ4n) is 1.91. The van der Waals surface area contributed by atoms with Gasteiger partial charge < -0.3 is 0 Å². The number of nitrogens with two attached hydrogens (primary N) is 1. The van der Waals surface area contributed by atoms with Crippen LogP contribution in [0.4, 0.5) is 0 Å². The normalized spacial score (nSPS) is 12.6. The number of thioether (sulfide) groups is 1. The van der Waals surface area contributed by atoms with Gasteiger partial charge in [-0.3, -0.25) is 11.3 Å². The molecule has 5 heteroatoms. The van der Waals surface area contributed by atoms with E-state index in [1.165, 1.54) is 10.5 Å². The number of nitrogens with zero attached hydrogens (tertiary/aromatic N) is 1. The Morgan fingerprint density at radius 2 is 2.11 bits per heavy atom. The molecule has 19 heavy (non-hydrogen) atoms. The maximum absolute atomic E-state index is 5.68. The van der Waals surface area contributed by atoms with Crippen molar-refractivity contribution in [3.8, 4) is 0 Å². The van der Waals surface area contributed by atoms with Crippen molar-refractivity contribution in [2.75, 3.05) is 5.75 Å². The third-order valence-electron chi connectivity index (χ3n) is 2.84. The minimum atomic E-state index is 0.117. The Hall–Kier alpha value is -0.880. The molecule has 0 aliphatic heterocycles. The third-order valence-corrected chi connectivity index (χ3v) is 4.72. The van der Waals surface area contributed by atoms with Crippen molar-refractivity contribution in [1.29, 1.82) is 0 Å². The first-order chi connectivity index (χ1) is 9.22. The van der Waals surface area contributed by atoms with E-state index in [-0.39, 0.29) is 6.04 Å². The Bertz CT molecular complexity index is 508. The quantitative estimate of drug-likeness (QED) is 0.487. The van der Waals surface area contributed by atoms with Crippen LogP contribution in [0.2, 0.25) is 0 Å². The Morgan fingerprint density at radius 3 is 2.63 bits per heavy atom. The standard InChI is InChI=1S/C14H19N3S2/c1-3-18-12-6-4-11(5-7-12)13(17-15)8-14-16-10(2)9-19-14/h4-7,9,13,17H,3,8,15H2,1-2H3. The summed E-state index contributed by atoms with van der Waals surface area (Å²) >= 11 is 3.54. The van der Waals surface area contributed by atoms with Crippen LogP contribution in [-0.2, 0) is 6.42 Å². The lowest BCUT2D eigenvalue weighted by Gasteiger charge is -2.15. The molecular formula is C14H19N3S2.